The van der Waals surface area contributed by atoms with E-state index in [0.717, 1.165) is 17.3 Å². The third-order valence-corrected chi connectivity index (χ3v) is 2.55. The van der Waals surface area contributed by atoms with Gasteiger partial charge in [0.2, 0.25) is 5.95 Å². The number of hydrogen-bond donors (Lipinski definition) is 1. The van der Waals surface area contributed by atoms with Crippen molar-refractivity contribution in [2.45, 2.75) is 13.5 Å². The molecule has 6 nitrogen and oxygen atoms in total. The summed E-state index contributed by atoms with van der Waals surface area (Å²) >= 11 is 0. The van der Waals surface area contributed by atoms with E-state index in [-0.39, 0.29) is 0 Å². The maximum absolute atomic E-state index is 5.63. The molecule has 0 fully saturated rings. The normalized spacial score (nSPS) is 10.5. The Labute approximate surface area is 100 Å². The summed E-state index contributed by atoms with van der Waals surface area (Å²) in [7, 11) is 3.92. The summed E-state index contributed by atoms with van der Waals surface area (Å²) in [6, 6.07) is 1.90. The summed E-state index contributed by atoms with van der Waals surface area (Å²) in [5.74, 6) is 2.08. The lowest BCUT2D eigenvalue weighted by atomic mass is 10.4. The third kappa shape index (κ3) is 2.52. The van der Waals surface area contributed by atoms with Gasteiger partial charge in [-0.25, -0.2) is 9.97 Å². The lowest BCUT2D eigenvalue weighted by molar-refractivity contribution is 0.754. The average molecular weight is 232 g/mol. The highest BCUT2D eigenvalue weighted by molar-refractivity contribution is 5.42. The van der Waals surface area contributed by atoms with Gasteiger partial charge in [-0.1, -0.05) is 0 Å². The second kappa shape index (κ2) is 4.40. The molecule has 0 aliphatic heterocycles. The molecule has 6 heteroatoms. The molecule has 2 rings (SSSR count). The lowest BCUT2D eigenvalue weighted by Crippen LogP contribution is -2.20. The molecule has 2 N–H and O–H groups in total. The molecule has 0 spiro atoms. The summed E-state index contributed by atoms with van der Waals surface area (Å²) in [5.41, 5.74) is 6.49. The number of nitrogens with two attached hydrogens (primary N) is 1. The Bertz CT molecular complexity index is 498. The molecule has 2 heterocycles. The second-order valence-electron chi connectivity index (χ2n) is 4.04. The Morgan fingerprint density at radius 2 is 2.18 bits per heavy atom. The van der Waals surface area contributed by atoms with Crippen molar-refractivity contribution in [1.82, 2.24) is 19.5 Å². The third-order valence-electron chi connectivity index (χ3n) is 2.55. The van der Waals surface area contributed by atoms with E-state index in [1.54, 1.807) is 6.20 Å². The van der Waals surface area contributed by atoms with Gasteiger partial charge in [0.1, 0.15) is 11.6 Å². The van der Waals surface area contributed by atoms with Gasteiger partial charge in [0.15, 0.2) is 0 Å². The number of aromatic nitrogens is 4. The zero-order chi connectivity index (χ0) is 12.4. The first-order valence-electron chi connectivity index (χ1n) is 5.35. The van der Waals surface area contributed by atoms with Crippen LogP contribution in [0.3, 0.4) is 0 Å². The van der Waals surface area contributed by atoms with Crippen LogP contribution in [-0.2, 0) is 13.6 Å². The zero-order valence-electron chi connectivity index (χ0n) is 10.3. The van der Waals surface area contributed by atoms with E-state index in [0.29, 0.717) is 12.5 Å². The maximum atomic E-state index is 5.63. The van der Waals surface area contributed by atoms with Crippen LogP contribution >= 0.6 is 0 Å². The predicted molar refractivity (Wildman–Crippen MR) is 66.5 cm³/mol. The number of nitrogen functional groups attached to an aromatic ring is 1. The lowest BCUT2D eigenvalue weighted by Gasteiger charge is -2.18. The number of anilines is 2. The smallest absolute Gasteiger partial charge is 0.222 e. The van der Waals surface area contributed by atoms with Crippen molar-refractivity contribution in [3.8, 4) is 0 Å². The highest BCUT2D eigenvalue weighted by Crippen LogP contribution is 2.13. The van der Waals surface area contributed by atoms with Crippen LogP contribution in [0.2, 0.25) is 0 Å². The van der Waals surface area contributed by atoms with E-state index < -0.39 is 0 Å². The summed E-state index contributed by atoms with van der Waals surface area (Å²) < 4.78 is 1.98. The molecule has 0 unspecified atom stereocenters. The van der Waals surface area contributed by atoms with E-state index in [1.807, 2.05) is 42.7 Å². The summed E-state index contributed by atoms with van der Waals surface area (Å²) in [6.45, 7) is 2.58. The standard InChI is InChI=1S/C11H16N6/c1-8-6-9(15-11(12)14-8)17(3)7-10-13-4-5-16(10)2/h4-6H,7H2,1-3H3,(H2,12,14,15). The van der Waals surface area contributed by atoms with Gasteiger partial charge in [-0.15, -0.1) is 0 Å². The molecule has 0 saturated heterocycles. The van der Waals surface area contributed by atoms with Crippen molar-refractivity contribution in [1.29, 1.82) is 0 Å². The van der Waals surface area contributed by atoms with Gasteiger partial charge in [-0.3, -0.25) is 0 Å². The van der Waals surface area contributed by atoms with Crippen molar-refractivity contribution in [3.63, 3.8) is 0 Å². The van der Waals surface area contributed by atoms with Gasteiger partial charge in [0, 0.05) is 38.2 Å². The molecule has 0 atom stereocenters. The number of rotatable bonds is 3. The largest absolute Gasteiger partial charge is 0.368 e. The Morgan fingerprint density at radius 1 is 1.41 bits per heavy atom. The molecule has 2 aromatic rings. The van der Waals surface area contributed by atoms with E-state index in [2.05, 4.69) is 15.0 Å². The SMILES string of the molecule is Cc1cc(N(C)Cc2nccn2C)nc(N)n1. The van der Waals surface area contributed by atoms with Crippen molar-refractivity contribution in [3.05, 3.63) is 30.0 Å². The molecule has 90 valence electrons. The van der Waals surface area contributed by atoms with Gasteiger partial charge in [0.25, 0.3) is 0 Å². The Balaban J connectivity index is 2.20. The van der Waals surface area contributed by atoms with Crippen LogP contribution in [0.4, 0.5) is 11.8 Å². The monoisotopic (exact) mass is 232 g/mol. The topological polar surface area (TPSA) is 72.9 Å². The van der Waals surface area contributed by atoms with Crippen LogP contribution in [0.15, 0.2) is 18.5 Å². The molecule has 0 radical (unpaired) electrons. The van der Waals surface area contributed by atoms with Crippen LogP contribution in [-0.4, -0.2) is 26.6 Å². The number of nitrogens with zero attached hydrogens (tertiary/aromatic N) is 5. The minimum Gasteiger partial charge on any atom is -0.368 e. The molecule has 0 aromatic carbocycles. The fraction of sp³-hybridized carbons (Fsp3) is 0.364. The van der Waals surface area contributed by atoms with Crippen LogP contribution < -0.4 is 10.6 Å². The van der Waals surface area contributed by atoms with Crippen molar-refractivity contribution in [2.75, 3.05) is 17.7 Å². The van der Waals surface area contributed by atoms with Crippen molar-refractivity contribution in [2.24, 2.45) is 7.05 Å². The minimum absolute atomic E-state index is 0.298. The highest BCUT2D eigenvalue weighted by atomic mass is 15.2. The average Bonchev–Trinajstić information content (AvgIpc) is 2.63. The molecule has 0 saturated carbocycles. The number of hydrogen-bond acceptors (Lipinski definition) is 5. The zero-order valence-corrected chi connectivity index (χ0v) is 10.3. The Kier molecular flexibility index (Phi) is 2.95. The quantitative estimate of drug-likeness (QED) is 0.844. The summed E-state index contributed by atoms with van der Waals surface area (Å²) in [6.07, 6.45) is 3.70. The molecule has 0 amide bonds. The predicted octanol–water partition coefficient (Wildman–Crippen LogP) is 0.737. The van der Waals surface area contributed by atoms with Crippen LogP contribution in [0.25, 0.3) is 0 Å². The number of imidazole rings is 1. The van der Waals surface area contributed by atoms with E-state index in [9.17, 15) is 0 Å². The van der Waals surface area contributed by atoms with Crippen LogP contribution in [0.1, 0.15) is 11.5 Å². The van der Waals surface area contributed by atoms with Crippen LogP contribution in [0, 0.1) is 6.92 Å². The Morgan fingerprint density at radius 3 is 2.76 bits per heavy atom. The molecule has 0 aliphatic carbocycles. The van der Waals surface area contributed by atoms with Gasteiger partial charge in [-0.05, 0) is 6.92 Å². The highest BCUT2D eigenvalue weighted by Gasteiger charge is 2.08. The minimum atomic E-state index is 0.298. The number of aryl methyl sites for hydroxylation is 2. The fourth-order valence-electron chi connectivity index (χ4n) is 1.61. The molecular formula is C11H16N6. The van der Waals surface area contributed by atoms with Gasteiger partial charge in [0.05, 0.1) is 6.54 Å². The van der Waals surface area contributed by atoms with Crippen molar-refractivity contribution < 1.29 is 0 Å². The first-order valence-corrected chi connectivity index (χ1v) is 5.35. The summed E-state index contributed by atoms with van der Waals surface area (Å²) in [5, 5.41) is 0. The Hall–Kier alpha value is -2.11. The van der Waals surface area contributed by atoms with Crippen LogP contribution in [0.5, 0.6) is 0 Å². The first-order chi connectivity index (χ1) is 8.06. The maximum Gasteiger partial charge on any atom is 0.222 e. The van der Waals surface area contributed by atoms with Gasteiger partial charge >= 0.3 is 0 Å². The van der Waals surface area contributed by atoms with E-state index in [4.69, 9.17) is 5.73 Å². The first kappa shape index (κ1) is 11.4. The van der Waals surface area contributed by atoms with E-state index in [1.165, 1.54) is 0 Å². The fourth-order valence-corrected chi connectivity index (χ4v) is 1.61. The van der Waals surface area contributed by atoms with Gasteiger partial charge < -0.3 is 15.2 Å². The van der Waals surface area contributed by atoms with Crippen molar-refractivity contribution >= 4 is 11.8 Å². The second-order valence-corrected chi connectivity index (χ2v) is 4.04. The molecule has 2 aromatic heterocycles. The van der Waals surface area contributed by atoms with Gasteiger partial charge in [-0.2, -0.15) is 4.98 Å². The van der Waals surface area contributed by atoms with E-state index >= 15 is 0 Å². The summed E-state index contributed by atoms with van der Waals surface area (Å²) in [4.78, 5) is 14.5. The molecule has 17 heavy (non-hydrogen) atoms. The molecular weight excluding hydrogens is 216 g/mol. The molecule has 0 aliphatic rings. The molecule has 0 bridgehead atoms.